The SMILES string of the molecule is CC1(C)c2cc(I)ccc2C2=CC=C(I)CC21. The van der Waals surface area contributed by atoms with Gasteiger partial charge >= 0.3 is 0 Å². The van der Waals surface area contributed by atoms with Crippen molar-refractivity contribution in [1.29, 1.82) is 0 Å². The van der Waals surface area contributed by atoms with E-state index in [1.807, 2.05) is 0 Å². The molecule has 2 aliphatic carbocycles. The molecule has 0 heterocycles. The molecule has 1 atom stereocenters. The highest BCUT2D eigenvalue weighted by atomic mass is 127. The van der Waals surface area contributed by atoms with Crippen molar-refractivity contribution in [3.63, 3.8) is 0 Å². The van der Waals surface area contributed by atoms with Crippen LogP contribution in [0.25, 0.3) is 5.57 Å². The number of rotatable bonds is 0. The first-order chi connectivity index (χ1) is 8.00. The van der Waals surface area contributed by atoms with Gasteiger partial charge in [-0.15, -0.1) is 0 Å². The average molecular weight is 448 g/mol. The first-order valence-electron chi connectivity index (χ1n) is 5.87. The summed E-state index contributed by atoms with van der Waals surface area (Å²) >= 11 is 4.88. The maximum absolute atomic E-state index is 2.47. The summed E-state index contributed by atoms with van der Waals surface area (Å²) in [5.41, 5.74) is 4.81. The molecule has 0 saturated carbocycles. The molecule has 2 heteroatoms. The van der Waals surface area contributed by atoms with Gasteiger partial charge in [0.25, 0.3) is 0 Å². The van der Waals surface area contributed by atoms with Crippen LogP contribution < -0.4 is 0 Å². The minimum atomic E-state index is 0.271. The van der Waals surface area contributed by atoms with Crippen LogP contribution in [-0.4, -0.2) is 0 Å². The van der Waals surface area contributed by atoms with Crippen LogP contribution in [0.5, 0.6) is 0 Å². The smallest absolute Gasteiger partial charge is 0.0133 e. The molecule has 0 bridgehead atoms. The van der Waals surface area contributed by atoms with Gasteiger partial charge in [0.15, 0.2) is 0 Å². The molecule has 1 unspecified atom stereocenters. The number of fused-ring (bicyclic) bond motifs is 3. The Morgan fingerprint density at radius 3 is 2.71 bits per heavy atom. The predicted octanol–water partition coefficient (Wildman–Crippen LogP) is 5.30. The maximum atomic E-state index is 2.47. The molecule has 1 aromatic rings. The van der Waals surface area contributed by atoms with Crippen molar-refractivity contribution in [2.45, 2.75) is 25.7 Å². The van der Waals surface area contributed by atoms with Crippen LogP contribution in [0.2, 0.25) is 0 Å². The maximum Gasteiger partial charge on any atom is 0.0133 e. The second kappa shape index (κ2) is 4.08. The van der Waals surface area contributed by atoms with Crippen molar-refractivity contribution in [1.82, 2.24) is 0 Å². The second-order valence-electron chi connectivity index (χ2n) is 5.40. The molecule has 0 radical (unpaired) electrons. The fraction of sp³-hybridized carbons (Fsp3) is 0.333. The molecule has 17 heavy (non-hydrogen) atoms. The van der Waals surface area contributed by atoms with E-state index in [1.165, 1.54) is 24.7 Å². The number of hydrogen-bond donors (Lipinski definition) is 0. The highest BCUT2D eigenvalue weighted by Crippen LogP contribution is 2.54. The summed E-state index contributed by atoms with van der Waals surface area (Å²) in [5, 5.41) is 0. The highest BCUT2D eigenvalue weighted by molar-refractivity contribution is 14.1. The molecule has 0 saturated heterocycles. The third kappa shape index (κ3) is 1.82. The van der Waals surface area contributed by atoms with Crippen LogP contribution >= 0.6 is 45.2 Å². The van der Waals surface area contributed by atoms with Gasteiger partial charge in [0.1, 0.15) is 0 Å². The Labute approximate surface area is 130 Å². The lowest BCUT2D eigenvalue weighted by Crippen LogP contribution is -2.24. The molecule has 0 aliphatic heterocycles. The van der Waals surface area contributed by atoms with Gasteiger partial charge in [0, 0.05) is 3.57 Å². The van der Waals surface area contributed by atoms with Gasteiger partial charge in [0.05, 0.1) is 0 Å². The zero-order chi connectivity index (χ0) is 12.2. The minimum absolute atomic E-state index is 0.271. The standard InChI is InChI=1S/C15H14I2/c1-15(2)13-7-9(16)3-5-11(13)12-6-4-10(17)8-14(12)15/h3-7,14H,8H2,1-2H3. The number of halogens is 2. The van der Waals surface area contributed by atoms with Crippen molar-refractivity contribution in [2.75, 3.05) is 0 Å². The van der Waals surface area contributed by atoms with E-state index >= 15 is 0 Å². The van der Waals surface area contributed by atoms with E-state index in [0.29, 0.717) is 5.92 Å². The van der Waals surface area contributed by atoms with Gasteiger partial charge < -0.3 is 0 Å². The van der Waals surface area contributed by atoms with E-state index in [9.17, 15) is 0 Å². The summed E-state index contributed by atoms with van der Waals surface area (Å²) in [4.78, 5) is 0. The molecule has 0 aromatic heterocycles. The molecule has 0 N–H and O–H groups in total. The van der Waals surface area contributed by atoms with Gasteiger partial charge in [-0.25, -0.2) is 0 Å². The number of benzene rings is 1. The minimum Gasteiger partial charge on any atom is -0.0574 e. The van der Waals surface area contributed by atoms with Crippen molar-refractivity contribution >= 4 is 50.8 Å². The molecule has 1 aromatic carbocycles. The van der Waals surface area contributed by atoms with E-state index in [-0.39, 0.29) is 5.41 Å². The topological polar surface area (TPSA) is 0 Å². The zero-order valence-electron chi connectivity index (χ0n) is 9.93. The Kier molecular flexibility index (Phi) is 2.93. The largest absolute Gasteiger partial charge is 0.0574 e. The van der Waals surface area contributed by atoms with Crippen molar-refractivity contribution in [3.8, 4) is 0 Å². The van der Waals surface area contributed by atoms with E-state index in [1.54, 1.807) is 5.57 Å². The molecular weight excluding hydrogens is 434 g/mol. The Hall–Kier alpha value is 0.160. The summed E-state index contributed by atoms with van der Waals surface area (Å²) < 4.78 is 2.82. The Morgan fingerprint density at radius 2 is 1.94 bits per heavy atom. The monoisotopic (exact) mass is 448 g/mol. The fourth-order valence-electron chi connectivity index (χ4n) is 3.08. The summed E-state index contributed by atoms with van der Waals surface area (Å²) in [6.07, 6.45) is 5.80. The normalized spacial score (nSPS) is 24.8. The second-order valence-corrected chi connectivity index (χ2v) is 8.04. The zero-order valence-corrected chi connectivity index (χ0v) is 14.2. The summed E-state index contributed by atoms with van der Waals surface area (Å²) in [5.74, 6) is 0.660. The van der Waals surface area contributed by atoms with Gasteiger partial charge in [-0.05, 0) is 95.3 Å². The molecule has 88 valence electrons. The lowest BCUT2D eigenvalue weighted by molar-refractivity contribution is 0.413. The lowest BCUT2D eigenvalue weighted by Gasteiger charge is -2.30. The van der Waals surface area contributed by atoms with E-state index in [0.717, 1.165) is 0 Å². The lowest BCUT2D eigenvalue weighted by atomic mass is 9.75. The van der Waals surface area contributed by atoms with Crippen molar-refractivity contribution in [2.24, 2.45) is 5.92 Å². The van der Waals surface area contributed by atoms with Gasteiger partial charge in [0.2, 0.25) is 0 Å². The van der Waals surface area contributed by atoms with Crippen LogP contribution in [0.4, 0.5) is 0 Å². The van der Waals surface area contributed by atoms with E-state index in [2.05, 4.69) is 89.4 Å². The van der Waals surface area contributed by atoms with E-state index < -0.39 is 0 Å². The Bertz CT molecular complexity index is 550. The van der Waals surface area contributed by atoms with Crippen LogP contribution in [0.15, 0.2) is 33.9 Å². The number of hydrogen-bond acceptors (Lipinski definition) is 0. The molecule has 0 spiro atoms. The predicted molar refractivity (Wildman–Crippen MR) is 90.4 cm³/mol. The van der Waals surface area contributed by atoms with Gasteiger partial charge in [-0.2, -0.15) is 0 Å². The fourth-order valence-corrected chi connectivity index (χ4v) is 4.19. The van der Waals surface area contributed by atoms with Crippen LogP contribution in [0.3, 0.4) is 0 Å². The van der Waals surface area contributed by atoms with Crippen LogP contribution in [0, 0.1) is 9.49 Å². The average Bonchev–Trinajstić information content (AvgIpc) is 2.49. The molecule has 2 aliphatic rings. The third-order valence-electron chi connectivity index (χ3n) is 4.08. The molecule has 3 rings (SSSR count). The Balaban J connectivity index is 2.24. The highest BCUT2D eigenvalue weighted by Gasteiger charge is 2.43. The van der Waals surface area contributed by atoms with Gasteiger partial charge in [-0.1, -0.05) is 32.1 Å². The summed E-state index contributed by atoms with van der Waals surface area (Å²) in [6.45, 7) is 4.78. The molecule has 0 nitrogen and oxygen atoms in total. The van der Waals surface area contributed by atoms with Crippen molar-refractivity contribution < 1.29 is 0 Å². The Morgan fingerprint density at radius 1 is 1.18 bits per heavy atom. The number of allylic oxidation sites excluding steroid dienone is 4. The molecule has 0 amide bonds. The summed E-state index contributed by atoms with van der Waals surface area (Å²) in [6, 6.07) is 6.89. The molecule has 0 fully saturated rings. The first kappa shape index (κ1) is 12.2. The van der Waals surface area contributed by atoms with Crippen molar-refractivity contribution in [3.05, 3.63) is 48.6 Å². The summed E-state index contributed by atoms with van der Waals surface area (Å²) in [7, 11) is 0. The first-order valence-corrected chi connectivity index (χ1v) is 8.02. The van der Waals surface area contributed by atoms with Crippen LogP contribution in [-0.2, 0) is 5.41 Å². The molecular formula is C15H14I2. The van der Waals surface area contributed by atoms with Gasteiger partial charge in [-0.3, -0.25) is 0 Å². The quantitative estimate of drug-likeness (QED) is 0.473. The third-order valence-corrected chi connectivity index (χ3v) is 5.55. The van der Waals surface area contributed by atoms with Crippen LogP contribution in [0.1, 0.15) is 31.4 Å². The van der Waals surface area contributed by atoms with E-state index in [4.69, 9.17) is 0 Å².